The molecule has 1 saturated heterocycles. The van der Waals surface area contributed by atoms with Gasteiger partial charge in [0.1, 0.15) is 11.9 Å². The summed E-state index contributed by atoms with van der Waals surface area (Å²) >= 11 is 1.48. The zero-order chi connectivity index (χ0) is 26.5. The number of ether oxygens (including phenoxy) is 3. The lowest BCUT2D eigenvalue weighted by Gasteiger charge is -2.34. The normalized spacial score (nSPS) is 16.9. The van der Waals surface area contributed by atoms with Gasteiger partial charge in [0.25, 0.3) is 5.91 Å². The molecule has 2 aromatic carbocycles. The van der Waals surface area contributed by atoms with Crippen LogP contribution < -0.4 is 20.1 Å². The topological polar surface area (TPSA) is 115 Å². The molecule has 0 saturated carbocycles. The minimum atomic E-state index is -0.216. The molecule has 10 nitrogen and oxygen atoms in total. The van der Waals surface area contributed by atoms with Crippen molar-refractivity contribution in [2.24, 2.45) is 0 Å². The molecule has 5 rings (SSSR count). The quantitative estimate of drug-likeness (QED) is 0.425. The second-order valence-corrected chi connectivity index (χ2v) is 10.4. The van der Waals surface area contributed by atoms with Crippen LogP contribution >= 0.6 is 11.8 Å². The molecule has 0 spiro atoms. The van der Waals surface area contributed by atoms with Gasteiger partial charge in [-0.3, -0.25) is 14.5 Å². The van der Waals surface area contributed by atoms with E-state index in [-0.39, 0.29) is 24.0 Å². The van der Waals surface area contributed by atoms with Gasteiger partial charge in [0.2, 0.25) is 11.8 Å². The van der Waals surface area contributed by atoms with Crippen LogP contribution in [0.4, 0.5) is 5.69 Å². The van der Waals surface area contributed by atoms with Crippen molar-refractivity contribution >= 4 is 40.3 Å². The fourth-order valence-corrected chi connectivity index (χ4v) is 5.47. The molecule has 11 heteroatoms. The van der Waals surface area contributed by atoms with Crippen LogP contribution in [0, 0.1) is 0 Å². The van der Waals surface area contributed by atoms with Crippen LogP contribution in [0.25, 0.3) is 11.0 Å². The average Bonchev–Trinajstić information content (AvgIpc) is 2.93. The van der Waals surface area contributed by atoms with E-state index in [9.17, 15) is 9.59 Å². The number of piperidine rings is 1. The van der Waals surface area contributed by atoms with Crippen molar-refractivity contribution in [1.29, 1.82) is 0 Å². The summed E-state index contributed by atoms with van der Waals surface area (Å²) in [4.78, 5) is 36.9. The minimum Gasteiger partial charge on any atom is -0.497 e. The number of rotatable bonds is 9. The summed E-state index contributed by atoms with van der Waals surface area (Å²) in [7, 11) is 3.27. The van der Waals surface area contributed by atoms with E-state index < -0.39 is 0 Å². The maximum atomic E-state index is 12.9. The predicted octanol–water partition coefficient (Wildman–Crippen LogP) is 2.97. The van der Waals surface area contributed by atoms with E-state index in [2.05, 4.69) is 25.5 Å². The number of fused-ring (bicyclic) bond motifs is 2. The summed E-state index contributed by atoms with van der Waals surface area (Å²) in [6, 6.07) is 11.1. The van der Waals surface area contributed by atoms with Crippen molar-refractivity contribution in [2.45, 2.75) is 29.9 Å². The maximum Gasteiger partial charge on any atom is 0.251 e. The first-order valence-electron chi connectivity index (χ1n) is 12.6. The molecule has 0 radical (unpaired) electrons. The summed E-state index contributed by atoms with van der Waals surface area (Å²) in [5.74, 6) is 1.39. The Kier molecular flexibility index (Phi) is 8.26. The number of thioether (sulfide) groups is 1. The number of amides is 2. The highest BCUT2D eigenvalue weighted by Gasteiger charge is 2.25. The number of hydrogen-bond donors (Lipinski definition) is 2. The van der Waals surface area contributed by atoms with Crippen LogP contribution in [-0.4, -0.2) is 85.0 Å². The van der Waals surface area contributed by atoms with E-state index in [1.54, 1.807) is 26.5 Å². The third-order valence-electron chi connectivity index (χ3n) is 6.63. The van der Waals surface area contributed by atoms with Crippen LogP contribution in [0.1, 0.15) is 23.2 Å². The number of nitrogens with one attached hydrogen (secondary N) is 2. The van der Waals surface area contributed by atoms with Gasteiger partial charge < -0.3 is 24.8 Å². The lowest BCUT2D eigenvalue weighted by atomic mass is 10.0. The summed E-state index contributed by atoms with van der Waals surface area (Å²) in [6.07, 6.45) is 3.08. The molecule has 2 amide bonds. The van der Waals surface area contributed by atoms with E-state index in [4.69, 9.17) is 14.2 Å². The van der Waals surface area contributed by atoms with Crippen LogP contribution in [0.15, 0.2) is 47.5 Å². The van der Waals surface area contributed by atoms with Crippen molar-refractivity contribution < 1.29 is 23.8 Å². The van der Waals surface area contributed by atoms with E-state index in [0.717, 1.165) is 36.3 Å². The molecular formula is C27H31N5O5S. The van der Waals surface area contributed by atoms with Gasteiger partial charge in [0.15, 0.2) is 0 Å². The summed E-state index contributed by atoms with van der Waals surface area (Å²) < 4.78 is 16.9. The number of aromatic nitrogens is 2. The average molecular weight is 538 g/mol. The van der Waals surface area contributed by atoms with Gasteiger partial charge in [-0.25, -0.2) is 9.97 Å². The second-order valence-electron chi connectivity index (χ2n) is 9.35. The molecule has 0 aliphatic carbocycles. The molecule has 1 fully saturated rings. The lowest BCUT2D eigenvalue weighted by molar-refractivity contribution is -0.113. The molecular weight excluding hydrogens is 506 g/mol. The highest BCUT2D eigenvalue weighted by molar-refractivity contribution is 8.00. The van der Waals surface area contributed by atoms with Gasteiger partial charge in [-0.1, -0.05) is 0 Å². The van der Waals surface area contributed by atoms with Crippen molar-refractivity contribution in [3.63, 3.8) is 0 Å². The SMILES string of the molecule is COCC(CN1CCC(NC(=O)c2ccc3c(c2)NC(=O)CS3)CC1)Oc1cnc2ccc(OC)cc2n1. The van der Waals surface area contributed by atoms with Crippen LogP contribution in [0.2, 0.25) is 0 Å². The van der Waals surface area contributed by atoms with Gasteiger partial charge in [-0.2, -0.15) is 0 Å². The molecule has 1 aromatic heterocycles. The molecule has 38 heavy (non-hydrogen) atoms. The Morgan fingerprint density at radius 3 is 2.82 bits per heavy atom. The third kappa shape index (κ3) is 6.35. The number of nitrogens with zero attached hydrogens (tertiary/aromatic N) is 3. The van der Waals surface area contributed by atoms with Crippen molar-refractivity contribution in [3.05, 3.63) is 48.2 Å². The molecule has 1 atom stereocenters. The van der Waals surface area contributed by atoms with Crippen molar-refractivity contribution in [3.8, 4) is 11.6 Å². The van der Waals surface area contributed by atoms with Gasteiger partial charge in [0, 0.05) is 49.3 Å². The standard InChI is InChI=1S/C27H31N5O5S/c1-35-15-20(37-26-13-28-21-5-4-19(36-2)12-22(21)31-26)14-32-9-7-18(8-10-32)29-27(34)17-3-6-24-23(11-17)30-25(33)16-38-24/h3-6,11-13,18,20H,7-10,14-16H2,1-2H3,(H,29,34)(H,30,33). The molecule has 200 valence electrons. The van der Waals surface area contributed by atoms with E-state index in [1.165, 1.54) is 11.8 Å². The first kappa shape index (κ1) is 26.2. The number of hydrogen-bond acceptors (Lipinski definition) is 9. The molecule has 2 aliphatic heterocycles. The second kappa shape index (κ2) is 12.0. The van der Waals surface area contributed by atoms with E-state index >= 15 is 0 Å². The van der Waals surface area contributed by atoms with E-state index in [1.807, 2.05) is 30.3 Å². The molecule has 0 bridgehead atoms. The van der Waals surface area contributed by atoms with Gasteiger partial charge in [-0.15, -0.1) is 11.8 Å². The molecule has 1 unspecified atom stereocenters. The third-order valence-corrected chi connectivity index (χ3v) is 7.70. The van der Waals surface area contributed by atoms with Crippen molar-refractivity contribution in [1.82, 2.24) is 20.2 Å². The van der Waals surface area contributed by atoms with Crippen LogP contribution in [0.3, 0.4) is 0 Å². The Bertz CT molecular complexity index is 1310. The summed E-state index contributed by atoms with van der Waals surface area (Å²) in [5, 5.41) is 5.99. The molecule has 2 aliphatic rings. The monoisotopic (exact) mass is 537 g/mol. The zero-order valence-corrected chi connectivity index (χ0v) is 22.3. The Balaban J connectivity index is 1.14. The smallest absolute Gasteiger partial charge is 0.251 e. The number of likely N-dealkylation sites (tertiary alicyclic amines) is 1. The van der Waals surface area contributed by atoms with Crippen molar-refractivity contribution in [2.75, 3.05) is 51.5 Å². The predicted molar refractivity (Wildman–Crippen MR) is 145 cm³/mol. The number of methoxy groups -OCH3 is 2. The Labute approximate surface area is 225 Å². The van der Waals surface area contributed by atoms with E-state index in [0.29, 0.717) is 47.3 Å². The van der Waals surface area contributed by atoms with Crippen LogP contribution in [-0.2, 0) is 9.53 Å². The van der Waals surface area contributed by atoms with Gasteiger partial charge in [-0.05, 0) is 43.2 Å². The molecule has 3 heterocycles. The minimum absolute atomic E-state index is 0.0453. The summed E-state index contributed by atoms with van der Waals surface area (Å²) in [5.41, 5.74) is 2.73. The van der Waals surface area contributed by atoms with Crippen LogP contribution in [0.5, 0.6) is 11.6 Å². The fourth-order valence-electron chi connectivity index (χ4n) is 4.68. The number of benzene rings is 2. The Morgan fingerprint density at radius 1 is 1.18 bits per heavy atom. The zero-order valence-electron chi connectivity index (χ0n) is 21.4. The largest absolute Gasteiger partial charge is 0.497 e. The number of carbonyl (C=O) groups excluding carboxylic acids is 2. The van der Waals surface area contributed by atoms with Gasteiger partial charge >= 0.3 is 0 Å². The highest BCUT2D eigenvalue weighted by Crippen LogP contribution is 2.32. The lowest BCUT2D eigenvalue weighted by Crippen LogP contribution is -2.48. The number of anilines is 1. The maximum absolute atomic E-state index is 12.9. The first-order valence-corrected chi connectivity index (χ1v) is 13.6. The fraction of sp³-hybridized carbons (Fsp3) is 0.407. The van der Waals surface area contributed by atoms with Gasteiger partial charge in [0.05, 0.1) is 42.4 Å². The number of carbonyl (C=O) groups is 2. The first-order chi connectivity index (χ1) is 18.5. The molecule has 2 N–H and O–H groups in total. The highest BCUT2D eigenvalue weighted by atomic mass is 32.2. The Hall–Kier alpha value is -3.41. The summed E-state index contributed by atoms with van der Waals surface area (Å²) in [6.45, 7) is 2.74. The Morgan fingerprint density at radius 2 is 2.03 bits per heavy atom. The molecule has 3 aromatic rings.